The molecule has 1 aliphatic rings. The van der Waals surface area contributed by atoms with Crippen LogP contribution in [0.5, 0.6) is 5.75 Å². The van der Waals surface area contributed by atoms with Crippen molar-refractivity contribution < 1.29 is 4.74 Å². The molecule has 2 nitrogen and oxygen atoms in total. The highest BCUT2D eigenvalue weighted by Crippen LogP contribution is 2.23. The smallest absolute Gasteiger partial charge is 0.118 e. The number of nitrogens with one attached hydrogen (secondary N) is 1. The van der Waals surface area contributed by atoms with Crippen molar-refractivity contribution in [3.05, 3.63) is 42.0 Å². The molecule has 2 heteroatoms. The van der Waals surface area contributed by atoms with Crippen LogP contribution in [-0.4, -0.2) is 19.7 Å². The van der Waals surface area contributed by atoms with Gasteiger partial charge in [-0.3, -0.25) is 0 Å². The second-order valence-electron chi connectivity index (χ2n) is 3.92. The molecule has 0 amide bonds. The highest BCUT2D eigenvalue weighted by atomic mass is 16.5. The van der Waals surface area contributed by atoms with Crippen LogP contribution >= 0.6 is 0 Å². The fourth-order valence-electron chi connectivity index (χ4n) is 1.95. The summed E-state index contributed by atoms with van der Waals surface area (Å²) in [6.07, 6.45) is 4.43. The maximum atomic E-state index is 5.14. The summed E-state index contributed by atoms with van der Waals surface area (Å²) in [5.74, 6) is 1.43. The molecule has 1 aromatic carbocycles. The normalized spacial score (nSPS) is 21.6. The summed E-state index contributed by atoms with van der Waals surface area (Å²) >= 11 is 0. The SMILES string of the molecule is COc1ccc([C@@H](C)[C@H]2C=CCN2)cc1. The number of benzene rings is 1. The molecule has 0 unspecified atom stereocenters. The molecule has 0 radical (unpaired) electrons. The quantitative estimate of drug-likeness (QED) is 0.761. The maximum Gasteiger partial charge on any atom is 0.118 e. The summed E-state index contributed by atoms with van der Waals surface area (Å²) in [6, 6.07) is 8.78. The molecule has 15 heavy (non-hydrogen) atoms. The van der Waals surface area contributed by atoms with Crippen molar-refractivity contribution in [2.24, 2.45) is 0 Å². The Balaban J connectivity index is 2.11. The molecular formula is C13H17NO. The van der Waals surface area contributed by atoms with E-state index in [1.54, 1.807) is 7.11 Å². The second-order valence-corrected chi connectivity index (χ2v) is 3.92. The third-order valence-electron chi connectivity index (χ3n) is 3.00. The topological polar surface area (TPSA) is 21.3 Å². The van der Waals surface area contributed by atoms with E-state index in [-0.39, 0.29) is 0 Å². The van der Waals surface area contributed by atoms with Crippen LogP contribution in [0.2, 0.25) is 0 Å². The van der Waals surface area contributed by atoms with E-state index in [0.29, 0.717) is 12.0 Å². The molecular weight excluding hydrogens is 186 g/mol. The van der Waals surface area contributed by atoms with Crippen LogP contribution in [0.1, 0.15) is 18.4 Å². The molecule has 0 aliphatic carbocycles. The molecule has 0 spiro atoms. The summed E-state index contributed by atoms with van der Waals surface area (Å²) in [4.78, 5) is 0. The van der Waals surface area contributed by atoms with Crippen LogP contribution < -0.4 is 10.1 Å². The van der Waals surface area contributed by atoms with Crippen molar-refractivity contribution in [3.8, 4) is 5.75 Å². The predicted molar refractivity (Wildman–Crippen MR) is 62.3 cm³/mol. The summed E-state index contributed by atoms with van der Waals surface area (Å²) in [6.45, 7) is 3.24. The van der Waals surface area contributed by atoms with Crippen molar-refractivity contribution in [1.29, 1.82) is 0 Å². The first-order valence-electron chi connectivity index (χ1n) is 5.35. The lowest BCUT2D eigenvalue weighted by Crippen LogP contribution is -2.27. The van der Waals surface area contributed by atoms with E-state index < -0.39 is 0 Å². The van der Waals surface area contributed by atoms with Crippen LogP contribution in [-0.2, 0) is 0 Å². The molecule has 0 fully saturated rings. The lowest BCUT2D eigenvalue weighted by atomic mass is 9.94. The number of rotatable bonds is 3. The van der Waals surface area contributed by atoms with E-state index in [4.69, 9.17) is 4.74 Å². The third-order valence-corrected chi connectivity index (χ3v) is 3.00. The van der Waals surface area contributed by atoms with Gasteiger partial charge in [-0.25, -0.2) is 0 Å². The molecule has 0 aromatic heterocycles. The minimum absolute atomic E-state index is 0.471. The Morgan fingerprint density at radius 2 is 2.07 bits per heavy atom. The van der Waals surface area contributed by atoms with Crippen molar-refractivity contribution in [3.63, 3.8) is 0 Å². The van der Waals surface area contributed by atoms with Gasteiger partial charge in [0.2, 0.25) is 0 Å². The first-order chi connectivity index (χ1) is 7.31. The average Bonchev–Trinajstić information content (AvgIpc) is 2.82. The summed E-state index contributed by atoms with van der Waals surface area (Å²) in [7, 11) is 1.69. The van der Waals surface area contributed by atoms with Crippen LogP contribution in [0, 0.1) is 0 Å². The monoisotopic (exact) mass is 203 g/mol. The predicted octanol–water partition coefficient (Wildman–Crippen LogP) is 2.33. The number of hydrogen-bond acceptors (Lipinski definition) is 2. The van der Waals surface area contributed by atoms with Gasteiger partial charge in [-0.05, 0) is 23.6 Å². The van der Waals surface area contributed by atoms with Gasteiger partial charge in [-0.2, -0.15) is 0 Å². The third kappa shape index (κ3) is 2.21. The van der Waals surface area contributed by atoms with Gasteiger partial charge in [0.05, 0.1) is 7.11 Å². The Hall–Kier alpha value is -1.28. The number of methoxy groups -OCH3 is 1. The number of ether oxygens (including phenoxy) is 1. The van der Waals surface area contributed by atoms with Crippen molar-refractivity contribution in [2.75, 3.05) is 13.7 Å². The van der Waals surface area contributed by atoms with Crippen LogP contribution in [0.4, 0.5) is 0 Å². The van der Waals surface area contributed by atoms with Gasteiger partial charge in [0.25, 0.3) is 0 Å². The van der Waals surface area contributed by atoms with Gasteiger partial charge in [0.1, 0.15) is 5.75 Å². The van der Waals surface area contributed by atoms with E-state index in [1.165, 1.54) is 5.56 Å². The van der Waals surface area contributed by atoms with Gasteiger partial charge >= 0.3 is 0 Å². The molecule has 0 bridgehead atoms. The van der Waals surface area contributed by atoms with Crippen molar-refractivity contribution >= 4 is 0 Å². The molecule has 1 heterocycles. The van der Waals surface area contributed by atoms with E-state index in [1.807, 2.05) is 12.1 Å². The Bertz CT molecular complexity index is 342. The lowest BCUT2D eigenvalue weighted by molar-refractivity contribution is 0.414. The van der Waals surface area contributed by atoms with Crippen molar-refractivity contribution in [1.82, 2.24) is 5.32 Å². The van der Waals surface area contributed by atoms with E-state index in [2.05, 4.69) is 36.5 Å². The zero-order chi connectivity index (χ0) is 10.7. The lowest BCUT2D eigenvalue weighted by Gasteiger charge is -2.19. The first kappa shape index (κ1) is 10.2. The first-order valence-corrected chi connectivity index (χ1v) is 5.35. The van der Waals surface area contributed by atoms with Crippen LogP contribution in [0.3, 0.4) is 0 Å². The Labute approximate surface area is 91.0 Å². The van der Waals surface area contributed by atoms with Crippen LogP contribution in [0.25, 0.3) is 0 Å². The standard InChI is InChI=1S/C13H17NO/c1-10(13-4-3-9-14-13)11-5-7-12(15-2)8-6-11/h3-8,10,13-14H,9H2,1-2H3/t10-,13-/m1/s1. The fourth-order valence-corrected chi connectivity index (χ4v) is 1.95. The molecule has 1 N–H and O–H groups in total. The molecule has 80 valence electrons. The van der Waals surface area contributed by atoms with Crippen LogP contribution in [0.15, 0.2) is 36.4 Å². The Kier molecular flexibility index (Phi) is 3.07. The fraction of sp³-hybridized carbons (Fsp3) is 0.385. The number of hydrogen-bond donors (Lipinski definition) is 1. The molecule has 0 saturated carbocycles. The second kappa shape index (κ2) is 4.49. The highest BCUT2D eigenvalue weighted by Gasteiger charge is 2.17. The Morgan fingerprint density at radius 1 is 1.33 bits per heavy atom. The maximum absolute atomic E-state index is 5.14. The minimum atomic E-state index is 0.471. The molecule has 2 rings (SSSR count). The van der Waals surface area contributed by atoms with Gasteiger partial charge in [0, 0.05) is 12.6 Å². The highest BCUT2D eigenvalue weighted by molar-refractivity contribution is 5.31. The minimum Gasteiger partial charge on any atom is -0.497 e. The summed E-state index contributed by atoms with van der Waals surface area (Å²) in [5, 5.41) is 3.44. The van der Waals surface area contributed by atoms with E-state index in [0.717, 1.165) is 12.3 Å². The average molecular weight is 203 g/mol. The molecule has 0 saturated heterocycles. The van der Waals surface area contributed by atoms with E-state index in [9.17, 15) is 0 Å². The van der Waals surface area contributed by atoms with Gasteiger partial charge in [0.15, 0.2) is 0 Å². The van der Waals surface area contributed by atoms with Gasteiger partial charge in [-0.1, -0.05) is 31.2 Å². The van der Waals surface area contributed by atoms with Gasteiger partial charge in [-0.15, -0.1) is 0 Å². The van der Waals surface area contributed by atoms with Crippen molar-refractivity contribution in [2.45, 2.75) is 18.9 Å². The van der Waals surface area contributed by atoms with Gasteiger partial charge < -0.3 is 10.1 Å². The zero-order valence-corrected chi connectivity index (χ0v) is 9.23. The summed E-state index contributed by atoms with van der Waals surface area (Å²) < 4.78 is 5.14. The molecule has 1 aromatic rings. The Morgan fingerprint density at radius 3 is 2.60 bits per heavy atom. The molecule has 2 atom stereocenters. The summed E-state index contributed by atoms with van der Waals surface area (Å²) in [5.41, 5.74) is 1.35. The zero-order valence-electron chi connectivity index (χ0n) is 9.23. The molecule has 1 aliphatic heterocycles. The van der Waals surface area contributed by atoms with E-state index >= 15 is 0 Å². The largest absolute Gasteiger partial charge is 0.497 e.